The molecule has 0 aliphatic carbocycles. The first-order valence-corrected chi connectivity index (χ1v) is 5.59. The largest absolute Gasteiger partial charge is 0.337 e. The molecule has 0 fully saturated rings. The van der Waals surface area contributed by atoms with E-state index in [0.717, 1.165) is 17.8 Å². The topological polar surface area (TPSA) is 29.9 Å². The molecule has 0 spiro atoms. The predicted molar refractivity (Wildman–Crippen MR) is 65.1 cm³/mol. The Balaban J connectivity index is 2.19. The van der Waals surface area contributed by atoms with Gasteiger partial charge in [0.25, 0.3) is 0 Å². The number of hydrogen-bond acceptors (Lipinski definition) is 2. The van der Waals surface area contributed by atoms with E-state index in [1.807, 2.05) is 30.9 Å². The zero-order valence-electron chi connectivity index (χ0n) is 10.0. The van der Waals surface area contributed by atoms with Crippen molar-refractivity contribution in [3.63, 3.8) is 0 Å². The summed E-state index contributed by atoms with van der Waals surface area (Å²) in [4.78, 5) is 4.31. The van der Waals surface area contributed by atoms with E-state index < -0.39 is 0 Å². The van der Waals surface area contributed by atoms with Crippen molar-refractivity contribution in [1.82, 2.24) is 14.9 Å². The van der Waals surface area contributed by atoms with Gasteiger partial charge in [0.1, 0.15) is 11.6 Å². The molecule has 0 saturated heterocycles. The Bertz CT molecular complexity index is 493. The van der Waals surface area contributed by atoms with Gasteiger partial charge in [-0.1, -0.05) is 12.1 Å². The molecule has 1 atom stereocenters. The Kier molecular flexibility index (Phi) is 3.54. The van der Waals surface area contributed by atoms with Crippen molar-refractivity contribution in [3.05, 3.63) is 53.9 Å². The van der Waals surface area contributed by atoms with Gasteiger partial charge < -0.3 is 9.88 Å². The van der Waals surface area contributed by atoms with Crippen LogP contribution in [0.25, 0.3) is 0 Å². The average Bonchev–Trinajstić information content (AvgIpc) is 2.72. The Morgan fingerprint density at radius 2 is 2.29 bits per heavy atom. The Labute approximate surface area is 100 Å². The number of benzene rings is 1. The van der Waals surface area contributed by atoms with E-state index in [-0.39, 0.29) is 11.9 Å². The Morgan fingerprint density at radius 3 is 2.88 bits per heavy atom. The van der Waals surface area contributed by atoms with Gasteiger partial charge in [0, 0.05) is 19.4 Å². The zero-order chi connectivity index (χ0) is 12.3. The van der Waals surface area contributed by atoms with Crippen LogP contribution >= 0.6 is 0 Å². The SMILES string of the molecule is CNC(Cc1cccc(F)c1)c1nccn1C. The van der Waals surface area contributed by atoms with Crippen molar-refractivity contribution >= 4 is 0 Å². The maximum absolute atomic E-state index is 13.1. The van der Waals surface area contributed by atoms with Crippen LogP contribution in [0.1, 0.15) is 17.4 Å². The van der Waals surface area contributed by atoms with E-state index in [1.165, 1.54) is 6.07 Å². The second-order valence-electron chi connectivity index (χ2n) is 4.07. The summed E-state index contributed by atoms with van der Waals surface area (Å²) in [5.41, 5.74) is 0.965. The number of aromatic nitrogens is 2. The van der Waals surface area contributed by atoms with Crippen molar-refractivity contribution in [2.75, 3.05) is 7.05 Å². The van der Waals surface area contributed by atoms with Crippen LogP contribution < -0.4 is 5.32 Å². The van der Waals surface area contributed by atoms with Crippen molar-refractivity contribution in [1.29, 1.82) is 0 Å². The molecule has 2 rings (SSSR count). The van der Waals surface area contributed by atoms with Crippen LogP contribution in [0.4, 0.5) is 4.39 Å². The van der Waals surface area contributed by atoms with Crippen LogP contribution in [0.3, 0.4) is 0 Å². The monoisotopic (exact) mass is 233 g/mol. The fourth-order valence-corrected chi connectivity index (χ4v) is 1.94. The molecule has 2 aromatic rings. The molecule has 1 unspecified atom stereocenters. The number of likely N-dealkylation sites (N-methyl/N-ethyl adjacent to an activating group) is 1. The van der Waals surface area contributed by atoms with Crippen molar-refractivity contribution in [2.24, 2.45) is 7.05 Å². The lowest BCUT2D eigenvalue weighted by atomic mass is 10.1. The fraction of sp³-hybridized carbons (Fsp3) is 0.308. The highest BCUT2D eigenvalue weighted by atomic mass is 19.1. The standard InChI is InChI=1S/C13H16FN3/c1-15-12(13-16-6-7-17(13)2)9-10-4-3-5-11(14)8-10/h3-8,12,15H,9H2,1-2H3. The van der Waals surface area contributed by atoms with Gasteiger partial charge in [-0.25, -0.2) is 9.37 Å². The summed E-state index contributed by atoms with van der Waals surface area (Å²) >= 11 is 0. The summed E-state index contributed by atoms with van der Waals surface area (Å²) in [5.74, 6) is 0.758. The van der Waals surface area contributed by atoms with E-state index in [9.17, 15) is 4.39 Å². The number of imidazole rings is 1. The van der Waals surface area contributed by atoms with Gasteiger partial charge in [0.15, 0.2) is 0 Å². The molecule has 0 amide bonds. The number of halogens is 1. The van der Waals surface area contributed by atoms with E-state index in [4.69, 9.17) is 0 Å². The number of nitrogens with zero attached hydrogens (tertiary/aromatic N) is 2. The minimum Gasteiger partial charge on any atom is -0.337 e. The number of aryl methyl sites for hydroxylation is 1. The van der Waals surface area contributed by atoms with E-state index in [2.05, 4.69) is 10.3 Å². The highest BCUT2D eigenvalue weighted by Crippen LogP contribution is 2.16. The molecule has 0 saturated carbocycles. The van der Waals surface area contributed by atoms with Crippen LogP contribution in [0.15, 0.2) is 36.7 Å². The van der Waals surface area contributed by atoms with Crippen LogP contribution in [0.2, 0.25) is 0 Å². The third-order valence-electron chi connectivity index (χ3n) is 2.85. The lowest BCUT2D eigenvalue weighted by Crippen LogP contribution is -2.22. The highest BCUT2D eigenvalue weighted by Gasteiger charge is 2.14. The van der Waals surface area contributed by atoms with Gasteiger partial charge in [0.2, 0.25) is 0 Å². The third-order valence-corrected chi connectivity index (χ3v) is 2.85. The van der Waals surface area contributed by atoms with Crippen LogP contribution in [-0.4, -0.2) is 16.6 Å². The molecule has 17 heavy (non-hydrogen) atoms. The van der Waals surface area contributed by atoms with E-state index in [0.29, 0.717) is 0 Å². The first-order valence-electron chi connectivity index (χ1n) is 5.59. The highest BCUT2D eigenvalue weighted by molar-refractivity contribution is 5.19. The van der Waals surface area contributed by atoms with Crippen molar-refractivity contribution in [2.45, 2.75) is 12.5 Å². The fourth-order valence-electron chi connectivity index (χ4n) is 1.94. The number of hydrogen-bond donors (Lipinski definition) is 1. The first kappa shape index (κ1) is 11.8. The summed E-state index contributed by atoms with van der Waals surface area (Å²) in [6, 6.07) is 6.77. The molecular formula is C13H16FN3. The second kappa shape index (κ2) is 5.10. The van der Waals surface area contributed by atoms with Gasteiger partial charge in [-0.2, -0.15) is 0 Å². The van der Waals surface area contributed by atoms with Gasteiger partial charge in [-0.05, 0) is 31.2 Å². The molecule has 0 bridgehead atoms. The maximum Gasteiger partial charge on any atom is 0.125 e. The molecule has 4 heteroatoms. The zero-order valence-corrected chi connectivity index (χ0v) is 10.0. The summed E-state index contributed by atoms with van der Waals surface area (Å²) in [6.07, 6.45) is 4.40. The van der Waals surface area contributed by atoms with E-state index >= 15 is 0 Å². The molecule has 1 heterocycles. The van der Waals surface area contributed by atoms with E-state index in [1.54, 1.807) is 18.3 Å². The minimum atomic E-state index is -0.197. The molecule has 1 N–H and O–H groups in total. The smallest absolute Gasteiger partial charge is 0.125 e. The lowest BCUT2D eigenvalue weighted by Gasteiger charge is -2.16. The van der Waals surface area contributed by atoms with Gasteiger partial charge >= 0.3 is 0 Å². The van der Waals surface area contributed by atoms with Gasteiger partial charge in [-0.3, -0.25) is 0 Å². The number of rotatable bonds is 4. The van der Waals surface area contributed by atoms with Crippen LogP contribution in [-0.2, 0) is 13.5 Å². The molecule has 1 aromatic carbocycles. The molecule has 1 aromatic heterocycles. The summed E-state index contributed by atoms with van der Waals surface area (Å²) < 4.78 is 15.1. The minimum absolute atomic E-state index is 0.0943. The molecule has 0 radical (unpaired) electrons. The lowest BCUT2D eigenvalue weighted by molar-refractivity contribution is 0.535. The molecule has 3 nitrogen and oxygen atoms in total. The quantitative estimate of drug-likeness (QED) is 0.876. The molecule has 0 aliphatic heterocycles. The molecular weight excluding hydrogens is 217 g/mol. The van der Waals surface area contributed by atoms with Crippen molar-refractivity contribution < 1.29 is 4.39 Å². The van der Waals surface area contributed by atoms with Gasteiger partial charge in [-0.15, -0.1) is 0 Å². The van der Waals surface area contributed by atoms with Crippen LogP contribution in [0, 0.1) is 5.82 Å². The van der Waals surface area contributed by atoms with Crippen molar-refractivity contribution in [3.8, 4) is 0 Å². The first-order chi connectivity index (χ1) is 8.20. The van der Waals surface area contributed by atoms with Gasteiger partial charge in [0.05, 0.1) is 6.04 Å². The second-order valence-corrected chi connectivity index (χ2v) is 4.07. The van der Waals surface area contributed by atoms with Crippen LogP contribution in [0.5, 0.6) is 0 Å². The molecule has 0 aliphatic rings. The average molecular weight is 233 g/mol. The Morgan fingerprint density at radius 1 is 1.47 bits per heavy atom. The number of nitrogens with one attached hydrogen (secondary N) is 1. The summed E-state index contributed by atoms with van der Waals surface area (Å²) in [7, 11) is 3.84. The Hall–Kier alpha value is -1.68. The summed E-state index contributed by atoms with van der Waals surface area (Å²) in [5, 5.41) is 3.21. The normalized spacial score (nSPS) is 12.6. The summed E-state index contributed by atoms with van der Waals surface area (Å²) in [6.45, 7) is 0. The predicted octanol–water partition coefficient (Wildman–Crippen LogP) is 2.06. The molecule has 90 valence electrons. The maximum atomic E-state index is 13.1. The third kappa shape index (κ3) is 2.71.